The van der Waals surface area contributed by atoms with Gasteiger partial charge in [-0.15, -0.1) is 0 Å². The molecule has 2 aliphatic rings. The van der Waals surface area contributed by atoms with Gasteiger partial charge < -0.3 is 14.6 Å². The molecule has 1 aliphatic heterocycles. The van der Waals surface area contributed by atoms with Gasteiger partial charge in [0.15, 0.2) is 0 Å². The SMILES string of the molecule is COCCN(C1CC1)C1COCCC1O. The third kappa shape index (κ3) is 2.91. The summed E-state index contributed by atoms with van der Waals surface area (Å²) in [5.74, 6) is 0. The average molecular weight is 215 g/mol. The lowest BCUT2D eigenvalue weighted by atomic mass is 10.0. The molecule has 88 valence electrons. The maximum Gasteiger partial charge on any atom is 0.0739 e. The van der Waals surface area contributed by atoms with Crippen LogP contribution in [0.15, 0.2) is 0 Å². The molecule has 0 spiro atoms. The van der Waals surface area contributed by atoms with Crippen molar-refractivity contribution in [2.24, 2.45) is 0 Å². The fourth-order valence-corrected chi connectivity index (χ4v) is 2.25. The summed E-state index contributed by atoms with van der Waals surface area (Å²) in [6.45, 7) is 3.01. The van der Waals surface area contributed by atoms with Crippen molar-refractivity contribution in [1.29, 1.82) is 0 Å². The second-order valence-electron chi connectivity index (χ2n) is 4.46. The van der Waals surface area contributed by atoms with Crippen molar-refractivity contribution in [2.75, 3.05) is 33.5 Å². The smallest absolute Gasteiger partial charge is 0.0739 e. The molecule has 2 fully saturated rings. The van der Waals surface area contributed by atoms with Crippen molar-refractivity contribution < 1.29 is 14.6 Å². The van der Waals surface area contributed by atoms with Gasteiger partial charge >= 0.3 is 0 Å². The summed E-state index contributed by atoms with van der Waals surface area (Å²) in [6, 6.07) is 0.836. The molecule has 15 heavy (non-hydrogen) atoms. The van der Waals surface area contributed by atoms with Crippen LogP contribution < -0.4 is 0 Å². The molecule has 1 saturated carbocycles. The molecule has 0 aromatic rings. The highest BCUT2D eigenvalue weighted by molar-refractivity contribution is 4.92. The second kappa shape index (κ2) is 5.25. The van der Waals surface area contributed by atoms with Gasteiger partial charge in [-0.25, -0.2) is 0 Å². The number of ether oxygens (including phenoxy) is 2. The van der Waals surface area contributed by atoms with E-state index >= 15 is 0 Å². The Bertz CT molecular complexity index is 196. The van der Waals surface area contributed by atoms with Crippen LogP contribution in [0.3, 0.4) is 0 Å². The van der Waals surface area contributed by atoms with Crippen molar-refractivity contribution in [3.8, 4) is 0 Å². The van der Waals surface area contributed by atoms with Crippen molar-refractivity contribution >= 4 is 0 Å². The van der Waals surface area contributed by atoms with Crippen molar-refractivity contribution in [1.82, 2.24) is 4.90 Å². The summed E-state index contributed by atoms with van der Waals surface area (Å²) >= 11 is 0. The van der Waals surface area contributed by atoms with Gasteiger partial charge in [0.1, 0.15) is 0 Å². The zero-order valence-corrected chi connectivity index (χ0v) is 9.39. The first-order valence-corrected chi connectivity index (χ1v) is 5.83. The number of nitrogens with zero attached hydrogens (tertiary/aromatic N) is 1. The van der Waals surface area contributed by atoms with Crippen molar-refractivity contribution in [3.63, 3.8) is 0 Å². The summed E-state index contributed by atoms with van der Waals surface area (Å²) < 4.78 is 10.6. The third-order valence-electron chi connectivity index (χ3n) is 3.29. The predicted octanol–water partition coefficient (Wildman–Crippen LogP) is 0.247. The lowest BCUT2D eigenvalue weighted by Gasteiger charge is -2.37. The minimum Gasteiger partial charge on any atom is -0.391 e. The maximum atomic E-state index is 9.95. The molecule has 0 radical (unpaired) electrons. The summed E-state index contributed by atoms with van der Waals surface area (Å²) in [5.41, 5.74) is 0. The summed E-state index contributed by atoms with van der Waals surface area (Å²) in [5, 5.41) is 9.95. The lowest BCUT2D eigenvalue weighted by molar-refractivity contribution is -0.0680. The molecule has 0 aromatic carbocycles. The number of methoxy groups -OCH3 is 1. The number of hydrogen-bond acceptors (Lipinski definition) is 4. The number of rotatable bonds is 5. The Morgan fingerprint density at radius 1 is 1.40 bits per heavy atom. The molecule has 1 aliphatic carbocycles. The van der Waals surface area contributed by atoms with Crippen LogP contribution in [0.25, 0.3) is 0 Å². The van der Waals surface area contributed by atoms with Gasteiger partial charge in [-0.3, -0.25) is 4.90 Å². The van der Waals surface area contributed by atoms with Gasteiger partial charge in [-0.2, -0.15) is 0 Å². The molecule has 0 bridgehead atoms. The lowest BCUT2D eigenvalue weighted by Crippen LogP contribution is -2.51. The van der Waals surface area contributed by atoms with Crippen molar-refractivity contribution in [3.05, 3.63) is 0 Å². The highest BCUT2D eigenvalue weighted by Crippen LogP contribution is 2.30. The van der Waals surface area contributed by atoms with Gasteiger partial charge in [0.2, 0.25) is 0 Å². The van der Waals surface area contributed by atoms with Gasteiger partial charge in [0.25, 0.3) is 0 Å². The molecule has 2 atom stereocenters. The van der Waals surface area contributed by atoms with E-state index in [2.05, 4.69) is 4.90 Å². The molecule has 0 aromatic heterocycles. The van der Waals surface area contributed by atoms with E-state index in [0.29, 0.717) is 19.3 Å². The Balaban J connectivity index is 1.89. The first kappa shape index (κ1) is 11.3. The number of aliphatic hydroxyl groups is 1. The Morgan fingerprint density at radius 2 is 2.20 bits per heavy atom. The van der Waals surface area contributed by atoms with Gasteiger partial charge in [0.05, 0.1) is 25.4 Å². The van der Waals surface area contributed by atoms with Gasteiger partial charge in [-0.1, -0.05) is 0 Å². The van der Waals surface area contributed by atoms with Crippen LogP contribution in [0.1, 0.15) is 19.3 Å². The van der Waals surface area contributed by atoms with Crippen LogP contribution in [0.2, 0.25) is 0 Å². The Labute approximate surface area is 91.2 Å². The molecule has 1 N–H and O–H groups in total. The molecule has 2 rings (SSSR count). The van der Waals surface area contributed by atoms with E-state index in [1.165, 1.54) is 12.8 Å². The molecular weight excluding hydrogens is 194 g/mol. The first-order chi connectivity index (χ1) is 7.33. The van der Waals surface area contributed by atoms with Crippen LogP contribution in [-0.2, 0) is 9.47 Å². The van der Waals surface area contributed by atoms with Gasteiger partial charge in [0, 0.05) is 26.3 Å². The van der Waals surface area contributed by atoms with E-state index in [4.69, 9.17) is 9.47 Å². The standard InChI is InChI=1S/C11H21NO3/c1-14-7-5-12(9-2-3-9)10-8-15-6-4-11(10)13/h9-11,13H,2-8H2,1H3. The van der Waals surface area contributed by atoms with Crippen LogP contribution in [0.5, 0.6) is 0 Å². The normalized spacial score (nSPS) is 32.2. The summed E-state index contributed by atoms with van der Waals surface area (Å²) in [4.78, 5) is 2.37. The van der Waals surface area contributed by atoms with Crippen LogP contribution in [-0.4, -0.2) is 61.7 Å². The van der Waals surface area contributed by atoms with E-state index in [-0.39, 0.29) is 12.1 Å². The van der Waals surface area contributed by atoms with E-state index in [9.17, 15) is 5.11 Å². The minimum atomic E-state index is -0.226. The van der Waals surface area contributed by atoms with E-state index < -0.39 is 0 Å². The molecule has 1 heterocycles. The molecule has 0 amide bonds. The topological polar surface area (TPSA) is 41.9 Å². The number of hydrogen-bond donors (Lipinski definition) is 1. The highest BCUT2D eigenvalue weighted by Gasteiger charge is 2.38. The van der Waals surface area contributed by atoms with Gasteiger partial charge in [-0.05, 0) is 19.3 Å². The monoisotopic (exact) mass is 215 g/mol. The van der Waals surface area contributed by atoms with E-state index in [0.717, 1.165) is 19.6 Å². The summed E-state index contributed by atoms with van der Waals surface area (Å²) in [7, 11) is 1.72. The van der Waals surface area contributed by atoms with E-state index in [1.807, 2.05) is 0 Å². The number of aliphatic hydroxyl groups excluding tert-OH is 1. The molecule has 4 nitrogen and oxygen atoms in total. The summed E-state index contributed by atoms with van der Waals surface area (Å²) in [6.07, 6.45) is 3.05. The molecule has 1 saturated heterocycles. The minimum absolute atomic E-state index is 0.182. The molecular formula is C11H21NO3. The van der Waals surface area contributed by atoms with Crippen LogP contribution in [0.4, 0.5) is 0 Å². The zero-order chi connectivity index (χ0) is 10.7. The largest absolute Gasteiger partial charge is 0.391 e. The predicted molar refractivity (Wildman–Crippen MR) is 56.8 cm³/mol. The Hall–Kier alpha value is -0.160. The first-order valence-electron chi connectivity index (χ1n) is 5.83. The third-order valence-corrected chi connectivity index (χ3v) is 3.29. The average Bonchev–Trinajstić information content (AvgIpc) is 3.05. The van der Waals surface area contributed by atoms with Crippen LogP contribution in [0, 0.1) is 0 Å². The van der Waals surface area contributed by atoms with Crippen LogP contribution >= 0.6 is 0 Å². The van der Waals surface area contributed by atoms with E-state index in [1.54, 1.807) is 7.11 Å². The fraction of sp³-hybridized carbons (Fsp3) is 1.00. The molecule has 2 unspecified atom stereocenters. The Morgan fingerprint density at radius 3 is 2.80 bits per heavy atom. The Kier molecular flexibility index (Phi) is 3.97. The fourth-order valence-electron chi connectivity index (χ4n) is 2.25. The quantitative estimate of drug-likeness (QED) is 0.713. The zero-order valence-electron chi connectivity index (χ0n) is 9.39. The molecule has 4 heteroatoms. The second-order valence-corrected chi connectivity index (χ2v) is 4.46. The maximum absolute atomic E-state index is 9.95. The van der Waals surface area contributed by atoms with Crippen molar-refractivity contribution in [2.45, 2.75) is 37.5 Å². The highest BCUT2D eigenvalue weighted by atomic mass is 16.5.